The summed E-state index contributed by atoms with van der Waals surface area (Å²) in [5, 5.41) is 33.3. The molecule has 26 heavy (non-hydrogen) atoms. The normalized spacial score (nSPS) is 30.3. The first-order valence-electron chi connectivity index (χ1n) is 10.2. The number of carbonyl (C=O) groups is 1. The highest BCUT2D eigenvalue weighted by Crippen LogP contribution is 2.50. The smallest absolute Gasteiger partial charge is 0.306 e. The van der Waals surface area contributed by atoms with E-state index in [1.54, 1.807) is 0 Å². The summed E-state index contributed by atoms with van der Waals surface area (Å²) < 4.78 is 0. The van der Waals surface area contributed by atoms with Crippen molar-refractivity contribution in [3.8, 4) is 0 Å². The number of carboxylic acids is 1. The monoisotopic (exact) mass is 369 g/mol. The summed E-state index contributed by atoms with van der Waals surface area (Å²) in [6.45, 7) is 4.50. The number of hydrogen-bond acceptors (Lipinski definition) is 5. The molecule has 2 fully saturated rings. The quantitative estimate of drug-likeness (QED) is 0.362. The van der Waals surface area contributed by atoms with Crippen molar-refractivity contribution in [3.05, 3.63) is 0 Å². The number of nitrogens with zero attached hydrogens (tertiary/aromatic N) is 1. The first kappa shape index (κ1) is 21.2. The predicted molar refractivity (Wildman–Crippen MR) is 99.9 cm³/mol. The van der Waals surface area contributed by atoms with Crippen LogP contribution in [-0.2, 0) is 9.63 Å². The molecule has 6 heteroatoms. The summed E-state index contributed by atoms with van der Waals surface area (Å²) in [4.78, 5) is 15.5. The summed E-state index contributed by atoms with van der Waals surface area (Å²) in [6, 6.07) is 0. The number of rotatable bonds is 12. The van der Waals surface area contributed by atoms with E-state index in [0.29, 0.717) is 18.3 Å². The molecule has 2 aliphatic rings. The van der Waals surface area contributed by atoms with Gasteiger partial charge >= 0.3 is 5.97 Å². The van der Waals surface area contributed by atoms with Gasteiger partial charge in [-0.15, -0.1) is 0 Å². The van der Waals surface area contributed by atoms with Gasteiger partial charge in [-0.3, -0.25) is 4.79 Å². The zero-order valence-electron chi connectivity index (χ0n) is 16.1. The highest BCUT2D eigenvalue weighted by molar-refractivity contribution is 5.93. The van der Waals surface area contributed by atoms with E-state index in [9.17, 15) is 15.0 Å². The fraction of sp³-hybridized carbons (Fsp3) is 0.900. The van der Waals surface area contributed by atoms with E-state index < -0.39 is 5.97 Å². The van der Waals surface area contributed by atoms with Gasteiger partial charge in [-0.05, 0) is 56.3 Å². The number of aliphatic carboxylic acids is 1. The van der Waals surface area contributed by atoms with E-state index in [1.165, 1.54) is 12.8 Å². The number of fused-ring (bicyclic) bond motifs is 1. The first-order chi connectivity index (χ1) is 12.5. The van der Waals surface area contributed by atoms with E-state index in [-0.39, 0.29) is 37.1 Å². The van der Waals surface area contributed by atoms with Gasteiger partial charge in [0.05, 0.1) is 24.3 Å². The minimum atomic E-state index is -0.893. The third-order valence-corrected chi connectivity index (χ3v) is 6.41. The third kappa shape index (κ3) is 5.68. The predicted octanol–water partition coefficient (Wildman–Crippen LogP) is 3.21. The molecule has 2 aliphatic carbocycles. The van der Waals surface area contributed by atoms with E-state index in [2.05, 4.69) is 19.0 Å². The van der Waals surface area contributed by atoms with Crippen LogP contribution in [0.3, 0.4) is 0 Å². The van der Waals surface area contributed by atoms with E-state index >= 15 is 0 Å². The van der Waals surface area contributed by atoms with Crippen LogP contribution in [0.15, 0.2) is 5.16 Å². The van der Waals surface area contributed by atoms with Crippen molar-refractivity contribution < 1.29 is 25.0 Å². The summed E-state index contributed by atoms with van der Waals surface area (Å²) in [7, 11) is 0. The molecule has 2 rings (SSSR count). The number of aliphatic hydroxyl groups is 2. The Morgan fingerprint density at radius 1 is 1.27 bits per heavy atom. The van der Waals surface area contributed by atoms with Crippen LogP contribution in [0.1, 0.15) is 71.6 Å². The van der Waals surface area contributed by atoms with E-state index in [0.717, 1.165) is 37.8 Å². The topological polar surface area (TPSA) is 99.4 Å². The fourth-order valence-corrected chi connectivity index (χ4v) is 4.53. The second kappa shape index (κ2) is 10.3. The molecule has 0 radical (unpaired) electrons. The molecule has 5 atom stereocenters. The van der Waals surface area contributed by atoms with E-state index in [4.69, 9.17) is 9.94 Å². The molecule has 2 saturated carbocycles. The Morgan fingerprint density at radius 2 is 2.00 bits per heavy atom. The minimum absolute atomic E-state index is 0.0507. The van der Waals surface area contributed by atoms with Gasteiger partial charge < -0.3 is 20.2 Å². The molecular weight excluding hydrogens is 334 g/mol. The zero-order chi connectivity index (χ0) is 19.1. The summed E-state index contributed by atoms with van der Waals surface area (Å²) in [6.07, 6.45) is 6.78. The van der Waals surface area contributed by atoms with Gasteiger partial charge in [0.25, 0.3) is 0 Å². The Hall–Kier alpha value is -1.14. The lowest BCUT2D eigenvalue weighted by molar-refractivity contribution is -0.138. The maximum atomic E-state index is 10.5. The minimum Gasteiger partial charge on any atom is -0.481 e. The Morgan fingerprint density at radius 3 is 2.65 bits per heavy atom. The fourth-order valence-electron chi connectivity index (χ4n) is 4.53. The third-order valence-electron chi connectivity index (χ3n) is 6.41. The van der Waals surface area contributed by atoms with Gasteiger partial charge in [-0.2, -0.15) is 0 Å². The van der Waals surface area contributed by atoms with Gasteiger partial charge in [0, 0.05) is 5.92 Å². The highest BCUT2D eigenvalue weighted by Gasteiger charge is 2.51. The highest BCUT2D eigenvalue weighted by atomic mass is 16.6. The molecule has 0 aromatic carbocycles. The standard InChI is InChI=1S/C20H35NO5/c1-3-13(4-2)5-6-14(22)7-8-15-16-11-18(17(16)12-19(15)23)21-26-10-9-20(24)25/h13-17,19,22-23H,3-12H2,1-2H3,(H,24,25). The van der Waals surface area contributed by atoms with Crippen LogP contribution in [0.25, 0.3) is 0 Å². The maximum Gasteiger partial charge on any atom is 0.306 e. The van der Waals surface area contributed by atoms with Crippen molar-refractivity contribution in [1.29, 1.82) is 0 Å². The Kier molecular flexibility index (Phi) is 8.35. The molecule has 150 valence electrons. The average molecular weight is 370 g/mol. The molecule has 0 aromatic rings. The van der Waals surface area contributed by atoms with Crippen LogP contribution in [0.2, 0.25) is 0 Å². The lowest BCUT2D eigenvalue weighted by Crippen LogP contribution is -2.37. The molecule has 5 unspecified atom stereocenters. The largest absolute Gasteiger partial charge is 0.481 e. The number of hydrogen-bond donors (Lipinski definition) is 3. The maximum absolute atomic E-state index is 10.5. The lowest BCUT2D eigenvalue weighted by atomic mass is 9.70. The van der Waals surface area contributed by atoms with Crippen LogP contribution in [0, 0.1) is 23.7 Å². The molecule has 0 saturated heterocycles. The second-order valence-electron chi connectivity index (χ2n) is 7.99. The summed E-state index contributed by atoms with van der Waals surface area (Å²) in [5.74, 6) is 0.744. The Bertz CT molecular complexity index is 477. The number of oxime groups is 1. The molecule has 0 aliphatic heterocycles. The summed E-state index contributed by atoms with van der Waals surface area (Å²) in [5.41, 5.74) is 0.955. The average Bonchev–Trinajstić information content (AvgIpc) is 2.84. The van der Waals surface area contributed by atoms with Gasteiger partial charge in [-0.1, -0.05) is 31.8 Å². The second-order valence-corrected chi connectivity index (χ2v) is 7.99. The van der Waals surface area contributed by atoms with Gasteiger partial charge in [0.15, 0.2) is 0 Å². The number of carboxylic acid groups (broad SMARTS) is 1. The Balaban J connectivity index is 1.70. The zero-order valence-corrected chi connectivity index (χ0v) is 16.1. The van der Waals surface area contributed by atoms with Crippen molar-refractivity contribution in [2.75, 3.05) is 6.61 Å². The van der Waals surface area contributed by atoms with E-state index in [1.807, 2.05) is 0 Å². The molecular formula is C20H35NO5. The van der Waals surface area contributed by atoms with Gasteiger partial charge in [0.1, 0.15) is 6.61 Å². The van der Waals surface area contributed by atoms with Gasteiger partial charge in [-0.25, -0.2) is 0 Å². The van der Waals surface area contributed by atoms with Crippen molar-refractivity contribution in [2.45, 2.75) is 83.8 Å². The van der Waals surface area contributed by atoms with Crippen LogP contribution in [0.4, 0.5) is 0 Å². The van der Waals surface area contributed by atoms with Crippen LogP contribution in [0.5, 0.6) is 0 Å². The molecule has 0 amide bonds. The van der Waals surface area contributed by atoms with Crippen molar-refractivity contribution in [2.24, 2.45) is 28.8 Å². The molecule has 0 bridgehead atoms. The molecule has 0 spiro atoms. The van der Waals surface area contributed by atoms with Crippen LogP contribution >= 0.6 is 0 Å². The molecule has 6 nitrogen and oxygen atoms in total. The number of aliphatic hydroxyl groups excluding tert-OH is 2. The Labute approximate surface area is 156 Å². The van der Waals surface area contributed by atoms with Gasteiger partial charge in [0.2, 0.25) is 0 Å². The first-order valence-corrected chi connectivity index (χ1v) is 10.2. The van der Waals surface area contributed by atoms with Crippen molar-refractivity contribution in [3.63, 3.8) is 0 Å². The molecule has 0 aromatic heterocycles. The van der Waals surface area contributed by atoms with Crippen molar-refractivity contribution in [1.82, 2.24) is 0 Å². The summed E-state index contributed by atoms with van der Waals surface area (Å²) >= 11 is 0. The molecule has 3 N–H and O–H groups in total. The molecule has 0 heterocycles. The van der Waals surface area contributed by atoms with Crippen LogP contribution < -0.4 is 0 Å². The van der Waals surface area contributed by atoms with Crippen LogP contribution in [-0.4, -0.2) is 45.8 Å². The SMILES string of the molecule is CCC(CC)CCC(O)CCC1C(O)CC2C(=NOCCC(=O)O)CC21. The van der Waals surface area contributed by atoms with Crippen molar-refractivity contribution >= 4 is 11.7 Å². The lowest BCUT2D eigenvalue weighted by Gasteiger charge is -2.35.